The lowest BCUT2D eigenvalue weighted by molar-refractivity contribution is 0.103. The number of aryl methyl sites for hydroxylation is 1. The Morgan fingerprint density at radius 3 is 2.51 bits per heavy atom. The third-order valence-corrected chi connectivity index (χ3v) is 6.95. The zero-order valence-electron chi connectivity index (χ0n) is 20.3. The zero-order valence-corrected chi connectivity index (χ0v) is 20.3. The molecule has 0 atom stereocenters. The van der Waals surface area contributed by atoms with E-state index in [0.29, 0.717) is 12.5 Å². The van der Waals surface area contributed by atoms with Crippen LogP contribution < -0.4 is 4.74 Å². The first-order valence-corrected chi connectivity index (χ1v) is 12.6. The van der Waals surface area contributed by atoms with Crippen molar-refractivity contribution in [3.8, 4) is 5.75 Å². The monoisotopic (exact) mass is 464 g/mol. The highest BCUT2D eigenvalue weighted by molar-refractivity contribution is 6.09. The number of pyridine rings is 1. The van der Waals surface area contributed by atoms with E-state index < -0.39 is 0 Å². The number of nitrogens with zero attached hydrogens (tertiary/aromatic N) is 2. The van der Waals surface area contributed by atoms with Crippen LogP contribution in [0, 0.1) is 12.8 Å². The predicted molar refractivity (Wildman–Crippen MR) is 141 cm³/mol. The van der Waals surface area contributed by atoms with Crippen molar-refractivity contribution in [1.82, 2.24) is 9.88 Å². The van der Waals surface area contributed by atoms with Gasteiger partial charge in [-0.15, -0.1) is 0 Å². The summed E-state index contributed by atoms with van der Waals surface area (Å²) in [4.78, 5) is 19.9. The maximum absolute atomic E-state index is 12.8. The molecule has 35 heavy (non-hydrogen) atoms. The van der Waals surface area contributed by atoms with E-state index in [1.807, 2.05) is 73.7 Å². The Kier molecular flexibility index (Phi) is 7.20. The molecule has 0 saturated carbocycles. The van der Waals surface area contributed by atoms with Crippen LogP contribution in [0.1, 0.15) is 40.0 Å². The summed E-state index contributed by atoms with van der Waals surface area (Å²) in [5.74, 6) is 1.66. The average Bonchev–Trinajstić information content (AvgIpc) is 2.90. The van der Waals surface area contributed by atoms with Gasteiger partial charge >= 0.3 is 0 Å². The van der Waals surface area contributed by atoms with Crippen LogP contribution in [0.25, 0.3) is 10.9 Å². The smallest absolute Gasteiger partial charge is 0.193 e. The minimum Gasteiger partial charge on any atom is -0.492 e. The Balaban J connectivity index is 1.10. The van der Waals surface area contributed by atoms with Crippen LogP contribution in [-0.2, 0) is 6.42 Å². The Bertz CT molecular complexity index is 1290. The Hall–Kier alpha value is -3.50. The summed E-state index contributed by atoms with van der Waals surface area (Å²) in [6.07, 6.45) is 3.38. The molecule has 0 N–H and O–H groups in total. The molecule has 1 aliphatic rings. The van der Waals surface area contributed by atoms with Crippen LogP contribution in [0.5, 0.6) is 5.75 Å². The summed E-state index contributed by atoms with van der Waals surface area (Å²) >= 11 is 0. The van der Waals surface area contributed by atoms with Crippen LogP contribution in [0.15, 0.2) is 84.9 Å². The van der Waals surface area contributed by atoms with E-state index in [9.17, 15) is 4.79 Å². The largest absolute Gasteiger partial charge is 0.492 e. The van der Waals surface area contributed by atoms with Crippen LogP contribution in [0.2, 0.25) is 0 Å². The van der Waals surface area contributed by atoms with Gasteiger partial charge in [0.25, 0.3) is 0 Å². The van der Waals surface area contributed by atoms with E-state index >= 15 is 0 Å². The summed E-state index contributed by atoms with van der Waals surface area (Å²) in [5, 5.41) is 1.07. The molecule has 0 spiro atoms. The second-order valence-electron chi connectivity index (χ2n) is 9.51. The number of piperidine rings is 1. The number of hydrogen-bond donors (Lipinski definition) is 0. The molecule has 0 aliphatic carbocycles. The van der Waals surface area contributed by atoms with Crippen molar-refractivity contribution in [2.75, 3.05) is 26.2 Å². The summed E-state index contributed by atoms with van der Waals surface area (Å²) in [6, 6.07) is 27.9. The van der Waals surface area contributed by atoms with Crippen molar-refractivity contribution >= 4 is 16.7 Å². The highest BCUT2D eigenvalue weighted by Gasteiger charge is 2.20. The Labute approximate surface area is 207 Å². The van der Waals surface area contributed by atoms with Gasteiger partial charge in [-0.2, -0.15) is 0 Å². The fourth-order valence-electron chi connectivity index (χ4n) is 4.98. The standard InChI is InChI=1S/C31H32N2O2/c1-23-13-14-28-29(32-23)11-6-12-30(28)35-20-19-33-17-15-24(16-18-33)21-25-7-5-10-27(22-25)31(34)26-8-3-2-4-9-26/h2-14,22,24H,15-21H2,1H3. The molecule has 1 saturated heterocycles. The van der Waals surface area contributed by atoms with E-state index in [1.165, 1.54) is 18.4 Å². The molecule has 1 aromatic heterocycles. The maximum atomic E-state index is 12.8. The molecule has 178 valence electrons. The van der Waals surface area contributed by atoms with Gasteiger partial charge in [-0.25, -0.2) is 0 Å². The van der Waals surface area contributed by atoms with E-state index in [0.717, 1.165) is 59.5 Å². The molecule has 0 amide bonds. The van der Waals surface area contributed by atoms with Crippen LogP contribution in [-0.4, -0.2) is 41.9 Å². The SMILES string of the molecule is Cc1ccc2c(OCCN3CCC(Cc4cccc(C(=O)c5ccccc5)c4)CC3)cccc2n1. The number of benzene rings is 3. The average molecular weight is 465 g/mol. The van der Waals surface area contributed by atoms with Crippen molar-refractivity contribution in [3.63, 3.8) is 0 Å². The zero-order chi connectivity index (χ0) is 24.0. The number of aromatic nitrogens is 1. The van der Waals surface area contributed by atoms with Gasteiger partial charge in [-0.3, -0.25) is 14.7 Å². The summed E-state index contributed by atoms with van der Waals surface area (Å²) in [6.45, 7) is 5.81. The normalized spacial score (nSPS) is 14.8. The van der Waals surface area contributed by atoms with Crippen molar-refractivity contribution < 1.29 is 9.53 Å². The predicted octanol–water partition coefficient (Wildman–Crippen LogP) is 6.11. The number of fused-ring (bicyclic) bond motifs is 1. The third kappa shape index (κ3) is 5.77. The van der Waals surface area contributed by atoms with Crippen molar-refractivity contribution in [3.05, 3.63) is 107 Å². The Morgan fingerprint density at radius 1 is 0.914 bits per heavy atom. The fourth-order valence-corrected chi connectivity index (χ4v) is 4.98. The number of likely N-dealkylation sites (tertiary alicyclic amines) is 1. The molecular formula is C31H32N2O2. The molecule has 0 bridgehead atoms. The first-order chi connectivity index (χ1) is 17.2. The summed E-state index contributed by atoms with van der Waals surface area (Å²) in [5.41, 5.74) is 4.79. The quantitative estimate of drug-likeness (QED) is 0.295. The van der Waals surface area contributed by atoms with E-state index in [4.69, 9.17) is 4.74 Å². The van der Waals surface area contributed by atoms with Gasteiger partial charge in [0.1, 0.15) is 12.4 Å². The van der Waals surface area contributed by atoms with Crippen LogP contribution in [0.4, 0.5) is 0 Å². The summed E-state index contributed by atoms with van der Waals surface area (Å²) < 4.78 is 6.14. The first kappa shape index (κ1) is 23.3. The molecule has 1 aliphatic heterocycles. The summed E-state index contributed by atoms with van der Waals surface area (Å²) in [7, 11) is 0. The van der Waals surface area contributed by atoms with Crippen molar-refractivity contribution in [2.24, 2.45) is 5.92 Å². The van der Waals surface area contributed by atoms with E-state index in [2.05, 4.69) is 28.1 Å². The van der Waals surface area contributed by atoms with Crippen LogP contribution in [0.3, 0.4) is 0 Å². The molecule has 3 aromatic carbocycles. The van der Waals surface area contributed by atoms with Gasteiger partial charge in [-0.05, 0) is 81.1 Å². The Morgan fingerprint density at radius 2 is 1.69 bits per heavy atom. The minimum absolute atomic E-state index is 0.0966. The highest BCUT2D eigenvalue weighted by atomic mass is 16.5. The number of hydrogen-bond acceptors (Lipinski definition) is 4. The molecule has 0 radical (unpaired) electrons. The number of carbonyl (C=O) groups is 1. The second-order valence-corrected chi connectivity index (χ2v) is 9.51. The van der Waals surface area contributed by atoms with E-state index in [1.54, 1.807) is 0 Å². The lowest BCUT2D eigenvalue weighted by atomic mass is 9.89. The second kappa shape index (κ2) is 10.8. The molecule has 4 heteroatoms. The molecule has 5 rings (SSSR count). The number of rotatable bonds is 8. The molecule has 2 heterocycles. The lowest BCUT2D eigenvalue weighted by Crippen LogP contribution is -2.37. The molecular weight excluding hydrogens is 432 g/mol. The topological polar surface area (TPSA) is 42.4 Å². The van der Waals surface area contributed by atoms with Gasteiger partial charge < -0.3 is 4.74 Å². The van der Waals surface area contributed by atoms with Crippen molar-refractivity contribution in [1.29, 1.82) is 0 Å². The molecule has 4 nitrogen and oxygen atoms in total. The maximum Gasteiger partial charge on any atom is 0.193 e. The van der Waals surface area contributed by atoms with Gasteiger partial charge in [0.15, 0.2) is 5.78 Å². The third-order valence-electron chi connectivity index (χ3n) is 6.95. The number of ketones is 1. The van der Waals surface area contributed by atoms with Crippen molar-refractivity contribution in [2.45, 2.75) is 26.2 Å². The van der Waals surface area contributed by atoms with Gasteiger partial charge in [-0.1, -0.05) is 54.6 Å². The van der Waals surface area contributed by atoms with Gasteiger partial charge in [0.05, 0.1) is 5.52 Å². The number of ether oxygens (including phenoxy) is 1. The van der Waals surface area contributed by atoms with Gasteiger partial charge in [0.2, 0.25) is 0 Å². The molecule has 0 unspecified atom stereocenters. The molecule has 4 aromatic rings. The first-order valence-electron chi connectivity index (χ1n) is 12.6. The van der Waals surface area contributed by atoms with Crippen LogP contribution >= 0.6 is 0 Å². The minimum atomic E-state index is 0.0966. The van der Waals surface area contributed by atoms with E-state index in [-0.39, 0.29) is 5.78 Å². The van der Waals surface area contributed by atoms with Gasteiger partial charge in [0, 0.05) is 28.8 Å². The highest BCUT2D eigenvalue weighted by Crippen LogP contribution is 2.25. The number of carbonyl (C=O) groups excluding carboxylic acids is 1. The fraction of sp³-hybridized carbons (Fsp3) is 0.290. The lowest BCUT2D eigenvalue weighted by Gasteiger charge is -2.32. The molecule has 1 fully saturated rings.